The van der Waals surface area contributed by atoms with Gasteiger partial charge in [-0.05, 0) is 30.3 Å². The topological polar surface area (TPSA) is 60.9 Å². The van der Waals surface area contributed by atoms with Crippen LogP contribution in [-0.2, 0) is 12.7 Å². The fourth-order valence-corrected chi connectivity index (χ4v) is 2.12. The molecule has 0 spiro atoms. The zero-order valence-electron chi connectivity index (χ0n) is 11.9. The average Bonchev–Trinajstić information content (AvgIpc) is 2.97. The van der Waals surface area contributed by atoms with Gasteiger partial charge < -0.3 is 8.98 Å². The Morgan fingerprint density at radius 3 is 2.46 bits per heavy atom. The molecular weight excluding hydrogens is 347 g/mol. The zero-order valence-corrected chi connectivity index (χ0v) is 12.7. The predicted octanol–water partition coefficient (Wildman–Crippen LogP) is 3.62. The van der Waals surface area contributed by atoms with Gasteiger partial charge in [0.1, 0.15) is 6.54 Å². The number of hydrogen-bond donors (Lipinski definition) is 0. The van der Waals surface area contributed by atoms with E-state index in [9.17, 15) is 18.0 Å². The summed E-state index contributed by atoms with van der Waals surface area (Å²) >= 11 is 5.78. The molecule has 9 heteroatoms. The molecule has 24 heavy (non-hydrogen) atoms. The number of alkyl halides is 3. The number of aromatic nitrogens is 3. The second-order valence-corrected chi connectivity index (χ2v) is 5.33. The lowest BCUT2D eigenvalue weighted by Crippen LogP contribution is -2.22. The largest absolute Gasteiger partial charge is 0.419 e. The van der Waals surface area contributed by atoms with Crippen LogP contribution in [0.2, 0.25) is 5.02 Å². The van der Waals surface area contributed by atoms with Crippen molar-refractivity contribution in [1.29, 1.82) is 0 Å². The normalized spacial score (nSPS) is 11.7. The molecule has 0 atom stereocenters. The Kier molecular flexibility index (Phi) is 4.15. The van der Waals surface area contributed by atoms with Crippen molar-refractivity contribution in [1.82, 2.24) is 14.8 Å². The molecule has 3 aromatic rings. The molecule has 2 aromatic heterocycles. The first kappa shape index (κ1) is 16.3. The molecule has 0 aliphatic carbocycles. The highest BCUT2D eigenvalue weighted by Crippen LogP contribution is 2.28. The monoisotopic (exact) mass is 355 g/mol. The van der Waals surface area contributed by atoms with Gasteiger partial charge in [-0.1, -0.05) is 11.6 Å². The minimum absolute atomic E-state index is 0.0152. The van der Waals surface area contributed by atoms with Crippen LogP contribution in [0.15, 0.2) is 51.8 Å². The number of benzene rings is 1. The third-order valence-corrected chi connectivity index (χ3v) is 3.43. The molecule has 0 saturated heterocycles. The lowest BCUT2D eigenvalue weighted by molar-refractivity contribution is -0.138. The summed E-state index contributed by atoms with van der Waals surface area (Å²) in [6.07, 6.45) is -3.83. The van der Waals surface area contributed by atoms with Crippen molar-refractivity contribution in [2.45, 2.75) is 12.7 Å². The highest BCUT2D eigenvalue weighted by atomic mass is 35.5. The Labute approximate surface area is 138 Å². The maximum atomic E-state index is 12.7. The van der Waals surface area contributed by atoms with Gasteiger partial charge in [-0.25, -0.2) is 0 Å². The van der Waals surface area contributed by atoms with E-state index in [-0.39, 0.29) is 18.3 Å². The van der Waals surface area contributed by atoms with Gasteiger partial charge in [-0.2, -0.15) is 13.2 Å². The number of halogens is 4. The van der Waals surface area contributed by atoms with Gasteiger partial charge in [0.25, 0.3) is 5.56 Å². The van der Waals surface area contributed by atoms with Gasteiger partial charge in [-0.3, -0.25) is 4.79 Å². The maximum Gasteiger partial charge on any atom is 0.417 e. The van der Waals surface area contributed by atoms with E-state index in [1.54, 1.807) is 24.3 Å². The Bertz CT molecular complexity index is 917. The van der Waals surface area contributed by atoms with Crippen LogP contribution in [0.5, 0.6) is 0 Å². The van der Waals surface area contributed by atoms with Gasteiger partial charge in [0, 0.05) is 22.8 Å². The molecule has 2 heterocycles. The molecule has 0 saturated carbocycles. The Morgan fingerprint density at radius 2 is 1.79 bits per heavy atom. The molecule has 124 valence electrons. The van der Waals surface area contributed by atoms with Crippen LogP contribution in [0.1, 0.15) is 11.5 Å². The summed E-state index contributed by atoms with van der Waals surface area (Å²) in [5, 5.41) is 8.10. The third-order valence-electron chi connectivity index (χ3n) is 3.17. The second-order valence-electron chi connectivity index (χ2n) is 4.89. The number of rotatable bonds is 3. The molecule has 0 amide bonds. The van der Waals surface area contributed by atoms with Crippen LogP contribution in [-0.4, -0.2) is 14.8 Å². The molecular formula is C15H9ClF3N3O2. The van der Waals surface area contributed by atoms with Crippen molar-refractivity contribution in [2.24, 2.45) is 0 Å². The van der Waals surface area contributed by atoms with E-state index in [4.69, 9.17) is 16.0 Å². The van der Waals surface area contributed by atoms with Gasteiger partial charge in [-0.15, -0.1) is 10.2 Å². The summed E-state index contributed by atoms with van der Waals surface area (Å²) in [5.41, 5.74) is -0.927. The molecule has 0 bridgehead atoms. The molecule has 0 aliphatic rings. The molecule has 5 nitrogen and oxygen atoms in total. The molecule has 0 fully saturated rings. The summed E-state index contributed by atoms with van der Waals surface area (Å²) < 4.78 is 44.4. The van der Waals surface area contributed by atoms with E-state index in [2.05, 4.69) is 10.2 Å². The highest BCUT2D eigenvalue weighted by Gasteiger charge is 2.31. The minimum atomic E-state index is -4.54. The van der Waals surface area contributed by atoms with Crippen molar-refractivity contribution in [2.75, 3.05) is 0 Å². The van der Waals surface area contributed by atoms with Gasteiger partial charge >= 0.3 is 6.18 Å². The Morgan fingerprint density at radius 1 is 1.08 bits per heavy atom. The quantitative estimate of drug-likeness (QED) is 0.720. The van der Waals surface area contributed by atoms with Gasteiger partial charge in [0.15, 0.2) is 0 Å². The molecule has 0 unspecified atom stereocenters. The van der Waals surface area contributed by atoms with Crippen molar-refractivity contribution in [3.8, 4) is 11.5 Å². The molecule has 0 aliphatic heterocycles. The molecule has 0 N–H and O–H groups in total. The van der Waals surface area contributed by atoms with E-state index >= 15 is 0 Å². The smallest absolute Gasteiger partial charge is 0.417 e. The van der Waals surface area contributed by atoms with E-state index in [1.807, 2.05) is 0 Å². The van der Waals surface area contributed by atoms with Crippen molar-refractivity contribution in [3.63, 3.8) is 0 Å². The second kappa shape index (κ2) is 6.12. The van der Waals surface area contributed by atoms with Gasteiger partial charge in [0.05, 0.1) is 5.56 Å². The van der Waals surface area contributed by atoms with Crippen LogP contribution in [0.25, 0.3) is 11.5 Å². The molecule has 3 rings (SSSR count). The van der Waals surface area contributed by atoms with Crippen molar-refractivity contribution in [3.05, 3.63) is 69.4 Å². The van der Waals surface area contributed by atoms with Crippen LogP contribution in [0.4, 0.5) is 13.2 Å². The lowest BCUT2D eigenvalue weighted by Gasteiger charge is -2.08. The Hall–Kier alpha value is -2.61. The molecule has 1 aromatic carbocycles. The summed E-state index contributed by atoms with van der Waals surface area (Å²) in [7, 11) is 0. The van der Waals surface area contributed by atoms with Crippen LogP contribution < -0.4 is 5.56 Å². The van der Waals surface area contributed by atoms with Crippen LogP contribution in [0.3, 0.4) is 0 Å². The SMILES string of the molecule is O=c1ccc(C(F)(F)F)cn1Cc1nnc(-c2ccc(Cl)cc2)o1. The lowest BCUT2D eigenvalue weighted by atomic mass is 10.2. The number of pyridine rings is 1. The van der Waals surface area contributed by atoms with Crippen LogP contribution in [0, 0.1) is 0 Å². The summed E-state index contributed by atoms with van der Waals surface area (Å²) in [6.45, 7) is -0.261. The minimum Gasteiger partial charge on any atom is -0.419 e. The van der Waals surface area contributed by atoms with E-state index < -0.39 is 17.3 Å². The first-order valence-electron chi connectivity index (χ1n) is 6.69. The first-order chi connectivity index (χ1) is 11.3. The standard InChI is InChI=1S/C15H9ClF3N3O2/c16-11-4-1-9(2-5-11)14-21-20-12(24-14)8-22-7-10(15(17,18)19)3-6-13(22)23/h1-7H,8H2. The van der Waals surface area contributed by atoms with E-state index in [1.165, 1.54) is 0 Å². The fourth-order valence-electron chi connectivity index (χ4n) is 1.99. The average molecular weight is 356 g/mol. The number of hydrogen-bond acceptors (Lipinski definition) is 4. The van der Waals surface area contributed by atoms with Gasteiger partial charge in [0.2, 0.25) is 11.8 Å². The summed E-state index contributed by atoms with van der Waals surface area (Å²) in [6, 6.07) is 8.17. The van der Waals surface area contributed by atoms with Crippen molar-refractivity contribution >= 4 is 11.6 Å². The van der Waals surface area contributed by atoms with Crippen molar-refractivity contribution < 1.29 is 17.6 Å². The van der Waals surface area contributed by atoms with Crippen LogP contribution >= 0.6 is 11.6 Å². The maximum absolute atomic E-state index is 12.7. The summed E-state index contributed by atoms with van der Waals surface area (Å²) in [4.78, 5) is 11.7. The highest BCUT2D eigenvalue weighted by molar-refractivity contribution is 6.30. The molecule has 0 radical (unpaired) electrons. The predicted molar refractivity (Wildman–Crippen MR) is 79.6 cm³/mol. The first-order valence-corrected chi connectivity index (χ1v) is 7.07. The van der Waals surface area contributed by atoms with E-state index in [0.29, 0.717) is 16.8 Å². The third kappa shape index (κ3) is 3.48. The zero-order chi connectivity index (χ0) is 17.3. The summed E-state index contributed by atoms with van der Waals surface area (Å²) in [5.74, 6) is 0.197. The fraction of sp³-hybridized carbons (Fsp3) is 0.133. The Balaban J connectivity index is 1.87. The van der Waals surface area contributed by atoms with E-state index in [0.717, 1.165) is 16.7 Å². The number of nitrogens with zero attached hydrogens (tertiary/aromatic N) is 3.